The highest BCUT2D eigenvalue weighted by Crippen LogP contribution is 2.28. The maximum Gasteiger partial charge on any atom is 0.329 e. The first kappa shape index (κ1) is 9.67. The Balaban J connectivity index is 3.28. The Bertz CT molecular complexity index is 329. The van der Waals surface area contributed by atoms with Crippen LogP contribution in [0.4, 0.5) is 11.4 Å². The molecule has 0 atom stereocenters. The molecular weight excluding hydrogens is 168 g/mol. The third-order valence-corrected chi connectivity index (χ3v) is 1.80. The molecule has 1 aromatic rings. The zero-order chi connectivity index (χ0) is 10.1. The second-order valence-electron chi connectivity index (χ2n) is 3.76. The number of hydrogen-bond donors (Lipinski definition) is 0. The molecule has 0 N–H and O–H groups in total. The first-order valence-electron chi connectivity index (χ1n) is 3.98. The Morgan fingerprint density at radius 3 is 2.15 bits per heavy atom. The smallest absolute Gasteiger partial charge is 0.292 e. The minimum atomic E-state index is -0.348. The van der Waals surface area contributed by atoms with Gasteiger partial charge in [0.1, 0.15) is 0 Å². The van der Waals surface area contributed by atoms with E-state index in [1.54, 1.807) is 12.1 Å². The van der Waals surface area contributed by atoms with Gasteiger partial charge in [-0.1, -0.05) is 12.1 Å². The first-order chi connectivity index (χ1) is 5.93. The van der Waals surface area contributed by atoms with Crippen molar-refractivity contribution in [3.63, 3.8) is 0 Å². The third-order valence-electron chi connectivity index (χ3n) is 1.80. The van der Waals surface area contributed by atoms with Crippen molar-refractivity contribution < 1.29 is 4.92 Å². The molecule has 0 aliphatic heterocycles. The molecule has 70 valence electrons. The van der Waals surface area contributed by atoms with Gasteiger partial charge in [-0.05, 0) is 0 Å². The zero-order valence-corrected chi connectivity index (χ0v) is 8.02. The van der Waals surface area contributed by atoms with E-state index in [-0.39, 0.29) is 10.6 Å². The quantitative estimate of drug-likeness (QED) is 0.396. The second-order valence-corrected chi connectivity index (χ2v) is 3.76. The largest absolute Gasteiger partial charge is 0.329 e. The van der Waals surface area contributed by atoms with Crippen LogP contribution in [-0.2, 0) is 0 Å². The fourth-order valence-corrected chi connectivity index (χ4v) is 1.19. The number of nitrogens with zero attached hydrogens (tertiary/aromatic N) is 2. The number of nitro groups is 1. The summed E-state index contributed by atoms with van der Waals surface area (Å²) < 4.78 is 0.456. The Hall–Kier alpha value is -1.42. The summed E-state index contributed by atoms with van der Waals surface area (Å²) >= 11 is 0. The average Bonchev–Trinajstić information content (AvgIpc) is 2.03. The summed E-state index contributed by atoms with van der Waals surface area (Å²) in [5.41, 5.74) is 0.891. The van der Waals surface area contributed by atoms with E-state index in [9.17, 15) is 10.1 Å². The van der Waals surface area contributed by atoms with Gasteiger partial charge in [0.15, 0.2) is 0 Å². The van der Waals surface area contributed by atoms with Gasteiger partial charge < -0.3 is 0 Å². The van der Waals surface area contributed by atoms with Crippen molar-refractivity contribution in [1.82, 2.24) is 4.48 Å². The lowest BCUT2D eigenvalue weighted by atomic mass is 10.2. The number of para-hydroxylation sites is 2. The highest BCUT2D eigenvalue weighted by molar-refractivity contribution is 5.59. The number of quaternary nitrogens is 1. The predicted octanol–water partition coefficient (Wildman–Crippen LogP) is 1.79. The monoisotopic (exact) mass is 181 g/mol. The van der Waals surface area contributed by atoms with E-state index >= 15 is 0 Å². The first-order valence-corrected chi connectivity index (χ1v) is 3.98. The molecule has 4 nitrogen and oxygen atoms in total. The minimum Gasteiger partial charge on any atom is -0.292 e. The molecule has 0 heterocycles. The van der Waals surface area contributed by atoms with Crippen molar-refractivity contribution in [3.05, 3.63) is 34.4 Å². The molecule has 4 heteroatoms. The van der Waals surface area contributed by atoms with Crippen LogP contribution >= 0.6 is 0 Å². The van der Waals surface area contributed by atoms with Gasteiger partial charge >= 0.3 is 5.69 Å². The van der Waals surface area contributed by atoms with Crippen molar-refractivity contribution >= 4 is 11.4 Å². The highest BCUT2D eigenvalue weighted by atomic mass is 16.6. The second kappa shape index (κ2) is 3.14. The van der Waals surface area contributed by atoms with Crippen LogP contribution in [0.15, 0.2) is 24.3 Å². The standard InChI is InChI=1S/C9H13N2O2/c1-11(2,3)9-7-5-4-6-8(9)10(12)13/h4-7H,1-3H3/q+1. The van der Waals surface area contributed by atoms with Crippen LogP contribution in [0.3, 0.4) is 0 Å². The lowest BCUT2D eigenvalue weighted by molar-refractivity contribution is -0.384. The van der Waals surface area contributed by atoms with E-state index in [2.05, 4.69) is 0 Å². The van der Waals surface area contributed by atoms with Crippen molar-refractivity contribution in [2.75, 3.05) is 21.1 Å². The average molecular weight is 181 g/mol. The van der Waals surface area contributed by atoms with Gasteiger partial charge in [-0.3, -0.25) is 14.6 Å². The molecule has 1 rings (SSSR count). The van der Waals surface area contributed by atoms with E-state index in [0.29, 0.717) is 10.2 Å². The topological polar surface area (TPSA) is 43.1 Å². The summed E-state index contributed by atoms with van der Waals surface area (Å²) in [6.07, 6.45) is 0. The van der Waals surface area contributed by atoms with Crippen LogP contribution in [0.2, 0.25) is 0 Å². The molecule has 0 aromatic heterocycles. The molecule has 13 heavy (non-hydrogen) atoms. The normalized spacial score (nSPS) is 11.3. The fraction of sp³-hybridized carbons (Fsp3) is 0.333. The highest BCUT2D eigenvalue weighted by Gasteiger charge is 2.24. The van der Waals surface area contributed by atoms with E-state index in [4.69, 9.17) is 0 Å². The fourth-order valence-electron chi connectivity index (χ4n) is 1.19. The molecule has 1 aromatic carbocycles. The molecule has 0 bridgehead atoms. The molecule has 0 saturated carbocycles. The van der Waals surface area contributed by atoms with Crippen LogP contribution < -0.4 is 4.48 Å². The molecular formula is C9H13N2O2+. The summed E-state index contributed by atoms with van der Waals surface area (Å²) in [6.45, 7) is 0. The van der Waals surface area contributed by atoms with Gasteiger partial charge in [-0.2, -0.15) is 0 Å². The molecule has 0 fully saturated rings. The molecule has 0 unspecified atom stereocenters. The van der Waals surface area contributed by atoms with Crippen LogP contribution in [0.1, 0.15) is 0 Å². The summed E-state index contributed by atoms with van der Waals surface area (Å²) in [7, 11) is 5.72. The number of benzene rings is 1. The number of hydrogen-bond acceptors (Lipinski definition) is 2. The number of nitro benzene ring substituents is 1. The van der Waals surface area contributed by atoms with Crippen molar-refractivity contribution in [3.8, 4) is 0 Å². The van der Waals surface area contributed by atoms with Crippen LogP contribution in [0.25, 0.3) is 0 Å². The van der Waals surface area contributed by atoms with Gasteiger partial charge in [0.05, 0.1) is 26.1 Å². The summed E-state index contributed by atoms with van der Waals surface area (Å²) in [5, 5.41) is 10.7. The van der Waals surface area contributed by atoms with Gasteiger partial charge in [-0.25, -0.2) is 0 Å². The maximum absolute atomic E-state index is 10.7. The summed E-state index contributed by atoms with van der Waals surface area (Å²) in [5.74, 6) is 0. The molecule has 0 amide bonds. The van der Waals surface area contributed by atoms with Crippen molar-refractivity contribution in [2.24, 2.45) is 0 Å². The van der Waals surface area contributed by atoms with E-state index < -0.39 is 0 Å². The zero-order valence-electron chi connectivity index (χ0n) is 8.02. The van der Waals surface area contributed by atoms with Gasteiger partial charge in [0, 0.05) is 12.1 Å². The maximum atomic E-state index is 10.7. The van der Waals surface area contributed by atoms with Crippen molar-refractivity contribution in [1.29, 1.82) is 0 Å². The van der Waals surface area contributed by atoms with Crippen LogP contribution in [0, 0.1) is 10.1 Å². The van der Waals surface area contributed by atoms with E-state index in [1.165, 1.54) is 6.07 Å². The molecule has 0 aliphatic carbocycles. The van der Waals surface area contributed by atoms with Gasteiger partial charge in [0.2, 0.25) is 5.69 Å². The van der Waals surface area contributed by atoms with E-state index in [0.717, 1.165) is 0 Å². The lowest BCUT2D eigenvalue weighted by Gasteiger charge is -2.22. The van der Waals surface area contributed by atoms with Crippen LogP contribution in [-0.4, -0.2) is 26.1 Å². The number of rotatable bonds is 2. The molecule has 0 saturated heterocycles. The molecule has 0 radical (unpaired) electrons. The predicted molar refractivity (Wildman–Crippen MR) is 52.7 cm³/mol. The summed E-state index contributed by atoms with van der Waals surface area (Å²) in [4.78, 5) is 10.3. The Labute approximate surface area is 77.1 Å². The van der Waals surface area contributed by atoms with Crippen molar-refractivity contribution in [2.45, 2.75) is 0 Å². The molecule has 0 spiro atoms. The Kier molecular flexibility index (Phi) is 2.34. The van der Waals surface area contributed by atoms with Gasteiger partial charge in [0.25, 0.3) is 0 Å². The minimum absolute atomic E-state index is 0.176. The van der Waals surface area contributed by atoms with Crippen LogP contribution in [0.5, 0.6) is 0 Å². The van der Waals surface area contributed by atoms with E-state index in [1.807, 2.05) is 27.2 Å². The van der Waals surface area contributed by atoms with Gasteiger partial charge in [-0.15, -0.1) is 0 Å². The Morgan fingerprint density at radius 2 is 1.77 bits per heavy atom. The Morgan fingerprint density at radius 1 is 1.23 bits per heavy atom. The molecule has 0 aliphatic rings. The SMILES string of the molecule is C[N+](C)(C)c1ccccc1[N+](=O)[O-]. The lowest BCUT2D eigenvalue weighted by Crippen LogP contribution is -2.35. The summed E-state index contributed by atoms with van der Waals surface area (Å²) in [6, 6.07) is 6.79. The third kappa shape index (κ3) is 2.03.